The minimum Gasteiger partial charge on any atom is -0.449 e. The predicted molar refractivity (Wildman–Crippen MR) is 91.7 cm³/mol. The molecule has 1 aliphatic heterocycles. The van der Waals surface area contributed by atoms with E-state index < -0.39 is 0 Å². The van der Waals surface area contributed by atoms with Gasteiger partial charge in [-0.2, -0.15) is 0 Å². The molecule has 0 spiro atoms. The molecule has 1 unspecified atom stereocenters. The molecule has 1 atom stereocenters. The Morgan fingerprint density at radius 3 is 2.95 bits per heavy atom. The van der Waals surface area contributed by atoms with Crippen molar-refractivity contribution in [2.24, 2.45) is 0 Å². The van der Waals surface area contributed by atoms with Crippen molar-refractivity contribution in [3.05, 3.63) is 38.9 Å². The first-order valence-electron chi connectivity index (χ1n) is 7.08. The Kier molecular flexibility index (Phi) is 4.25. The van der Waals surface area contributed by atoms with Gasteiger partial charge in [-0.25, -0.2) is 4.98 Å². The highest BCUT2D eigenvalue weighted by Crippen LogP contribution is 2.29. The second kappa shape index (κ2) is 6.02. The highest BCUT2D eigenvalue weighted by molar-refractivity contribution is 9.10. The van der Waals surface area contributed by atoms with E-state index in [9.17, 15) is 4.79 Å². The zero-order valence-electron chi connectivity index (χ0n) is 11.7. The Bertz CT molecular complexity index is 883. The lowest BCUT2D eigenvalue weighted by atomic mass is 10.0. The van der Waals surface area contributed by atoms with Gasteiger partial charge in [0, 0.05) is 9.86 Å². The fourth-order valence-electron chi connectivity index (χ4n) is 2.89. The first-order valence-corrected chi connectivity index (χ1v) is 7.87. The number of halogens is 2. The van der Waals surface area contributed by atoms with E-state index in [1.807, 2.05) is 18.2 Å². The molecule has 3 aromatic rings. The summed E-state index contributed by atoms with van der Waals surface area (Å²) in [6, 6.07) is 5.79. The van der Waals surface area contributed by atoms with E-state index in [1.165, 1.54) is 6.42 Å². The summed E-state index contributed by atoms with van der Waals surface area (Å²) in [5.74, 6) is 0.704. The SMILES string of the molecule is Cl.O=c1[nH]c(C2CCCCN2)nc2c1oc1ccc(Br)cc12. The van der Waals surface area contributed by atoms with Crippen LogP contribution in [-0.2, 0) is 0 Å². The third-order valence-electron chi connectivity index (χ3n) is 3.94. The van der Waals surface area contributed by atoms with Crippen LogP contribution < -0.4 is 10.9 Å². The number of nitrogens with zero attached hydrogens (tertiary/aromatic N) is 1. The largest absolute Gasteiger partial charge is 0.449 e. The number of furan rings is 1. The average Bonchev–Trinajstić information content (AvgIpc) is 2.87. The zero-order chi connectivity index (χ0) is 14.4. The molecule has 0 amide bonds. The summed E-state index contributed by atoms with van der Waals surface area (Å²) in [5.41, 5.74) is 1.40. The number of piperidine rings is 1. The van der Waals surface area contributed by atoms with Gasteiger partial charge in [-0.3, -0.25) is 4.79 Å². The molecule has 3 heterocycles. The van der Waals surface area contributed by atoms with E-state index in [2.05, 4.69) is 31.2 Å². The van der Waals surface area contributed by atoms with Crippen molar-refractivity contribution in [2.45, 2.75) is 25.3 Å². The minimum absolute atomic E-state index is 0. The number of H-pyrrole nitrogens is 1. The maximum Gasteiger partial charge on any atom is 0.294 e. The molecular weight excluding hydrogens is 370 g/mol. The lowest BCUT2D eigenvalue weighted by Gasteiger charge is -2.22. The molecule has 0 saturated carbocycles. The Morgan fingerprint density at radius 2 is 2.18 bits per heavy atom. The molecule has 7 heteroatoms. The van der Waals surface area contributed by atoms with Crippen molar-refractivity contribution in [3.63, 3.8) is 0 Å². The summed E-state index contributed by atoms with van der Waals surface area (Å²) in [6.07, 6.45) is 3.32. The lowest BCUT2D eigenvalue weighted by Crippen LogP contribution is -2.29. The third kappa shape index (κ3) is 2.55. The van der Waals surface area contributed by atoms with E-state index in [0.717, 1.165) is 29.2 Å². The van der Waals surface area contributed by atoms with Gasteiger partial charge in [0.15, 0.2) is 0 Å². The van der Waals surface area contributed by atoms with Crippen molar-refractivity contribution in [2.75, 3.05) is 6.54 Å². The summed E-state index contributed by atoms with van der Waals surface area (Å²) < 4.78 is 6.57. The van der Waals surface area contributed by atoms with Crippen LogP contribution in [0.5, 0.6) is 0 Å². The smallest absolute Gasteiger partial charge is 0.294 e. The molecule has 0 bridgehead atoms. The number of hydrogen-bond acceptors (Lipinski definition) is 4. The van der Waals surface area contributed by atoms with Crippen LogP contribution in [0, 0.1) is 0 Å². The van der Waals surface area contributed by atoms with Crippen LogP contribution >= 0.6 is 28.3 Å². The molecule has 1 fully saturated rings. The van der Waals surface area contributed by atoms with Gasteiger partial charge in [0.05, 0.1) is 6.04 Å². The molecule has 2 N–H and O–H groups in total. The number of hydrogen-bond donors (Lipinski definition) is 2. The van der Waals surface area contributed by atoms with Gasteiger partial charge in [0.1, 0.15) is 16.9 Å². The Balaban J connectivity index is 0.00000144. The van der Waals surface area contributed by atoms with E-state index in [0.29, 0.717) is 22.5 Å². The quantitative estimate of drug-likeness (QED) is 0.671. The zero-order valence-corrected chi connectivity index (χ0v) is 14.1. The third-order valence-corrected chi connectivity index (χ3v) is 4.44. The number of rotatable bonds is 1. The topological polar surface area (TPSA) is 70.9 Å². The van der Waals surface area contributed by atoms with Crippen LogP contribution in [0.25, 0.3) is 22.1 Å². The molecule has 0 aliphatic carbocycles. The van der Waals surface area contributed by atoms with Gasteiger partial charge in [0.25, 0.3) is 5.56 Å². The van der Waals surface area contributed by atoms with E-state index in [1.54, 1.807) is 0 Å². The highest BCUT2D eigenvalue weighted by Gasteiger charge is 2.20. The number of benzene rings is 1. The maximum absolute atomic E-state index is 12.3. The van der Waals surface area contributed by atoms with Crippen molar-refractivity contribution in [1.29, 1.82) is 0 Å². The number of aromatic amines is 1. The summed E-state index contributed by atoms with van der Waals surface area (Å²) >= 11 is 3.45. The van der Waals surface area contributed by atoms with Crippen LogP contribution in [0.4, 0.5) is 0 Å². The Hall–Kier alpha value is -1.37. The monoisotopic (exact) mass is 383 g/mol. The van der Waals surface area contributed by atoms with Gasteiger partial charge in [0.2, 0.25) is 5.58 Å². The number of nitrogens with one attached hydrogen (secondary N) is 2. The molecule has 4 rings (SSSR count). The second-order valence-electron chi connectivity index (χ2n) is 5.37. The number of aromatic nitrogens is 2. The summed E-state index contributed by atoms with van der Waals surface area (Å²) in [4.78, 5) is 19.8. The van der Waals surface area contributed by atoms with Crippen LogP contribution in [0.15, 0.2) is 31.9 Å². The summed E-state index contributed by atoms with van der Waals surface area (Å²) in [6.45, 7) is 0.962. The van der Waals surface area contributed by atoms with Gasteiger partial charge in [-0.05, 0) is 37.6 Å². The Morgan fingerprint density at radius 1 is 1.32 bits per heavy atom. The van der Waals surface area contributed by atoms with E-state index in [4.69, 9.17) is 4.42 Å². The molecule has 22 heavy (non-hydrogen) atoms. The molecule has 116 valence electrons. The van der Waals surface area contributed by atoms with Gasteiger partial charge >= 0.3 is 0 Å². The first-order chi connectivity index (χ1) is 10.2. The molecule has 0 radical (unpaired) electrons. The maximum atomic E-state index is 12.3. The second-order valence-corrected chi connectivity index (χ2v) is 6.29. The fourth-order valence-corrected chi connectivity index (χ4v) is 3.25. The van der Waals surface area contributed by atoms with Crippen molar-refractivity contribution >= 4 is 50.4 Å². The average molecular weight is 385 g/mol. The molecule has 5 nitrogen and oxygen atoms in total. The summed E-state index contributed by atoms with van der Waals surface area (Å²) in [7, 11) is 0. The van der Waals surface area contributed by atoms with E-state index >= 15 is 0 Å². The van der Waals surface area contributed by atoms with Crippen LogP contribution in [-0.4, -0.2) is 16.5 Å². The lowest BCUT2D eigenvalue weighted by molar-refractivity contribution is 0.397. The van der Waals surface area contributed by atoms with Gasteiger partial charge in [-0.1, -0.05) is 22.4 Å². The first kappa shape index (κ1) is 15.5. The van der Waals surface area contributed by atoms with Crippen LogP contribution in [0.1, 0.15) is 31.1 Å². The number of fused-ring (bicyclic) bond motifs is 3. The van der Waals surface area contributed by atoms with E-state index in [-0.39, 0.29) is 24.0 Å². The van der Waals surface area contributed by atoms with Gasteiger partial charge < -0.3 is 14.7 Å². The van der Waals surface area contributed by atoms with Crippen molar-refractivity contribution in [3.8, 4) is 0 Å². The van der Waals surface area contributed by atoms with Gasteiger partial charge in [-0.15, -0.1) is 12.4 Å². The molecular formula is C15H15BrClN3O2. The standard InChI is InChI=1S/C15H14BrN3O2.ClH/c16-8-4-5-11-9(7-8)12-13(21-11)15(20)19-14(18-12)10-3-1-2-6-17-10;/h4-5,7,10,17H,1-3,6H2,(H,18,19,20);1H. The molecule has 2 aromatic heterocycles. The normalized spacial score (nSPS) is 18.5. The summed E-state index contributed by atoms with van der Waals surface area (Å²) in [5, 5.41) is 4.27. The predicted octanol–water partition coefficient (Wildman–Crippen LogP) is 3.67. The van der Waals surface area contributed by atoms with Crippen LogP contribution in [0.3, 0.4) is 0 Å². The molecule has 1 aromatic carbocycles. The highest BCUT2D eigenvalue weighted by atomic mass is 79.9. The molecule has 1 aliphatic rings. The molecule has 1 saturated heterocycles. The van der Waals surface area contributed by atoms with Crippen molar-refractivity contribution in [1.82, 2.24) is 15.3 Å². The van der Waals surface area contributed by atoms with Crippen LogP contribution in [0.2, 0.25) is 0 Å². The van der Waals surface area contributed by atoms with Crippen molar-refractivity contribution < 1.29 is 4.42 Å². The fraction of sp³-hybridized carbons (Fsp3) is 0.333. The Labute approximate surface area is 141 Å². The minimum atomic E-state index is -0.213.